The Kier molecular flexibility index (Phi) is 12.5. The number of hydrogen-bond acceptors (Lipinski definition) is 5. The van der Waals surface area contributed by atoms with Gasteiger partial charge in [-0.15, -0.1) is 0 Å². The molecule has 1 unspecified atom stereocenters. The summed E-state index contributed by atoms with van der Waals surface area (Å²) >= 11 is 0. The molecule has 1 atom stereocenters. The van der Waals surface area contributed by atoms with E-state index >= 15 is 0 Å². The van der Waals surface area contributed by atoms with Crippen LogP contribution in [0.5, 0.6) is 0 Å². The smallest absolute Gasteiger partial charge is 0.407 e. The number of aliphatic hydroxyl groups excluding tert-OH is 1. The molecule has 39 heavy (non-hydrogen) atoms. The molecule has 0 heterocycles. The van der Waals surface area contributed by atoms with E-state index in [-0.39, 0.29) is 19.1 Å². The molecule has 0 aliphatic heterocycles. The topological polar surface area (TPSA) is 90.9 Å². The second kappa shape index (κ2) is 16.3. The summed E-state index contributed by atoms with van der Waals surface area (Å²) in [6.07, 6.45) is 0.578. The zero-order valence-corrected chi connectivity index (χ0v) is 23.0. The molecule has 3 aromatic carbocycles. The number of amides is 2. The maximum atomic E-state index is 12.6. The molecule has 0 aromatic heterocycles. The third kappa shape index (κ3) is 11.7. The van der Waals surface area contributed by atoms with Crippen LogP contribution in [0.2, 0.25) is 0 Å². The Morgan fingerprint density at radius 3 is 2.08 bits per heavy atom. The summed E-state index contributed by atoms with van der Waals surface area (Å²) in [6, 6.07) is 27.3. The van der Waals surface area contributed by atoms with E-state index in [1.165, 1.54) is 5.56 Å². The van der Waals surface area contributed by atoms with Crippen LogP contribution in [0.15, 0.2) is 84.9 Å². The van der Waals surface area contributed by atoms with E-state index in [4.69, 9.17) is 4.74 Å². The van der Waals surface area contributed by atoms with E-state index in [0.29, 0.717) is 31.1 Å². The van der Waals surface area contributed by atoms with Crippen LogP contribution < -0.4 is 10.6 Å². The highest BCUT2D eigenvalue weighted by Gasteiger charge is 2.15. The molecule has 7 heteroatoms. The predicted octanol–water partition coefficient (Wildman–Crippen LogP) is 4.64. The van der Waals surface area contributed by atoms with Crippen molar-refractivity contribution in [3.63, 3.8) is 0 Å². The summed E-state index contributed by atoms with van der Waals surface area (Å²) in [4.78, 5) is 26.8. The Morgan fingerprint density at radius 2 is 1.44 bits per heavy atom. The van der Waals surface area contributed by atoms with Gasteiger partial charge in [-0.25, -0.2) is 4.79 Å². The normalized spacial score (nSPS) is 11.8. The summed E-state index contributed by atoms with van der Waals surface area (Å²) in [5, 5.41) is 16.3. The lowest BCUT2D eigenvalue weighted by molar-refractivity contribution is 0.0850. The third-order valence-corrected chi connectivity index (χ3v) is 6.37. The monoisotopic (exact) mass is 531 g/mol. The van der Waals surface area contributed by atoms with Crippen molar-refractivity contribution in [3.8, 4) is 0 Å². The summed E-state index contributed by atoms with van der Waals surface area (Å²) in [5.74, 6) is 0.301. The standard InChI is InChI=1S/C32H41N3O4/c1-25(2)17-19-35(20-18-33-32(38)39-24-28-11-7-4-8-12-28)23-30(36)22-34-31(37)29-15-13-27(14-16-29)21-26-9-5-3-6-10-26/h3-16,25,30,36H,17-24H2,1-2H3,(H,33,38)(H,34,37). The number of nitrogens with zero attached hydrogens (tertiary/aromatic N) is 1. The number of rotatable bonds is 15. The van der Waals surface area contributed by atoms with Gasteiger partial charge in [0.2, 0.25) is 0 Å². The molecular weight excluding hydrogens is 490 g/mol. The highest BCUT2D eigenvalue weighted by atomic mass is 16.5. The zero-order chi connectivity index (χ0) is 27.9. The Balaban J connectivity index is 1.40. The highest BCUT2D eigenvalue weighted by molar-refractivity contribution is 5.94. The molecule has 0 aliphatic carbocycles. The van der Waals surface area contributed by atoms with Crippen LogP contribution in [-0.2, 0) is 17.8 Å². The summed E-state index contributed by atoms with van der Waals surface area (Å²) in [5.41, 5.74) is 3.85. The van der Waals surface area contributed by atoms with E-state index in [1.807, 2.05) is 72.8 Å². The lowest BCUT2D eigenvalue weighted by Crippen LogP contribution is -2.43. The molecule has 7 nitrogen and oxygen atoms in total. The molecule has 208 valence electrons. The first-order valence-electron chi connectivity index (χ1n) is 13.6. The van der Waals surface area contributed by atoms with Crippen molar-refractivity contribution < 1.29 is 19.4 Å². The van der Waals surface area contributed by atoms with Gasteiger partial charge in [0.05, 0.1) is 6.10 Å². The van der Waals surface area contributed by atoms with E-state index in [1.54, 1.807) is 0 Å². The highest BCUT2D eigenvalue weighted by Crippen LogP contribution is 2.11. The van der Waals surface area contributed by atoms with Crippen molar-refractivity contribution in [1.29, 1.82) is 0 Å². The second-order valence-electron chi connectivity index (χ2n) is 10.2. The van der Waals surface area contributed by atoms with Gasteiger partial charge in [-0.3, -0.25) is 9.69 Å². The molecule has 0 fully saturated rings. The summed E-state index contributed by atoms with van der Waals surface area (Å²) < 4.78 is 5.27. The Labute approximate surface area is 232 Å². The van der Waals surface area contributed by atoms with Crippen LogP contribution in [0, 0.1) is 5.92 Å². The van der Waals surface area contributed by atoms with Crippen molar-refractivity contribution in [3.05, 3.63) is 107 Å². The maximum absolute atomic E-state index is 12.6. The molecule has 2 amide bonds. The van der Waals surface area contributed by atoms with Gasteiger partial charge in [-0.1, -0.05) is 86.6 Å². The Bertz CT molecular complexity index is 1120. The minimum absolute atomic E-state index is 0.148. The third-order valence-electron chi connectivity index (χ3n) is 6.37. The van der Waals surface area contributed by atoms with Crippen molar-refractivity contribution in [2.75, 3.05) is 32.7 Å². The van der Waals surface area contributed by atoms with Crippen molar-refractivity contribution in [1.82, 2.24) is 15.5 Å². The number of alkyl carbamates (subject to hydrolysis) is 1. The van der Waals surface area contributed by atoms with E-state index in [9.17, 15) is 14.7 Å². The van der Waals surface area contributed by atoms with E-state index in [0.717, 1.165) is 30.5 Å². The number of benzene rings is 3. The number of hydrogen-bond donors (Lipinski definition) is 3. The lowest BCUT2D eigenvalue weighted by atomic mass is 10.0. The number of aliphatic hydroxyl groups is 1. The molecule has 3 N–H and O–H groups in total. The lowest BCUT2D eigenvalue weighted by Gasteiger charge is -2.26. The van der Waals surface area contributed by atoms with Gasteiger partial charge in [0.1, 0.15) is 6.61 Å². The molecule has 0 saturated heterocycles. The number of nitrogens with one attached hydrogen (secondary N) is 2. The van der Waals surface area contributed by atoms with Gasteiger partial charge in [0.15, 0.2) is 0 Å². The minimum atomic E-state index is -0.733. The number of ether oxygens (including phenoxy) is 1. The van der Waals surface area contributed by atoms with Gasteiger partial charge < -0.3 is 20.5 Å². The second-order valence-corrected chi connectivity index (χ2v) is 10.2. The van der Waals surface area contributed by atoms with Gasteiger partial charge in [0, 0.05) is 31.7 Å². The fraction of sp³-hybridized carbons (Fsp3) is 0.375. The minimum Gasteiger partial charge on any atom is -0.445 e. The molecule has 0 spiro atoms. The largest absolute Gasteiger partial charge is 0.445 e. The molecule has 0 saturated carbocycles. The van der Waals surface area contributed by atoms with Crippen molar-refractivity contribution in [2.24, 2.45) is 5.92 Å². The van der Waals surface area contributed by atoms with Crippen LogP contribution in [0.1, 0.15) is 47.3 Å². The molecule has 3 rings (SSSR count). The van der Waals surface area contributed by atoms with E-state index in [2.05, 4.69) is 41.5 Å². The van der Waals surface area contributed by atoms with Gasteiger partial charge in [0.25, 0.3) is 5.91 Å². The first-order chi connectivity index (χ1) is 18.9. The van der Waals surface area contributed by atoms with Gasteiger partial charge >= 0.3 is 6.09 Å². The van der Waals surface area contributed by atoms with Gasteiger partial charge in [-0.05, 0) is 54.1 Å². The number of carbonyl (C=O) groups excluding carboxylic acids is 2. The molecule has 0 aliphatic rings. The van der Waals surface area contributed by atoms with Crippen LogP contribution >= 0.6 is 0 Å². The van der Waals surface area contributed by atoms with E-state index < -0.39 is 12.2 Å². The Morgan fingerprint density at radius 1 is 0.821 bits per heavy atom. The SMILES string of the molecule is CC(C)CCN(CCNC(=O)OCc1ccccc1)CC(O)CNC(=O)c1ccc(Cc2ccccc2)cc1. The summed E-state index contributed by atoms with van der Waals surface area (Å²) in [6.45, 7) is 6.82. The predicted molar refractivity (Wildman–Crippen MR) is 155 cm³/mol. The van der Waals surface area contributed by atoms with Crippen LogP contribution in [0.3, 0.4) is 0 Å². The molecular formula is C32H41N3O4. The molecule has 3 aromatic rings. The molecule has 0 radical (unpaired) electrons. The first kappa shape index (κ1) is 29.9. The Hall–Kier alpha value is -3.68. The zero-order valence-electron chi connectivity index (χ0n) is 23.0. The average molecular weight is 532 g/mol. The summed E-state index contributed by atoms with van der Waals surface area (Å²) in [7, 11) is 0. The van der Waals surface area contributed by atoms with Gasteiger partial charge in [-0.2, -0.15) is 0 Å². The fourth-order valence-electron chi connectivity index (χ4n) is 4.11. The average Bonchev–Trinajstić information content (AvgIpc) is 2.95. The van der Waals surface area contributed by atoms with Crippen molar-refractivity contribution in [2.45, 2.75) is 39.4 Å². The van der Waals surface area contributed by atoms with Crippen LogP contribution in [-0.4, -0.2) is 60.8 Å². The van der Waals surface area contributed by atoms with Crippen molar-refractivity contribution >= 4 is 12.0 Å². The molecule has 0 bridgehead atoms. The quantitative estimate of drug-likeness (QED) is 0.266. The van der Waals surface area contributed by atoms with Crippen LogP contribution in [0.25, 0.3) is 0 Å². The number of carbonyl (C=O) groups is 2. The maximum Gasteiger partial charge on any atom is 0.407 e. The van der Waals surface area contributed by atoms with Crippen LogP contribution in [0.4, 0.5) is 4.79 Å². The fourth-order valence-corrected chi connectivity index (χ4v) is 4.11. The first-order valence-corrected chi connectivity index (χ1v) is 13.6.